The van der Waals surface area contributed by atoms with Crippen molar-refractivity contribution in [1.29, 1.82) is 0 Å². The summed E-state index contributed by atoms with van der Waals surface area (Å²) in [4.78, 5) is 13.6. The fourth-order valence-corrected chi connectivity index (χ4v) is 3.76. The summed E-state index contributed by atoms with van der Waals surface area (Å²) < 4.78 is 10.8. The van der Waals surface area contributed by atoms with E-state index in [4.69, 9.17) is 14.7 Å². The number of para-hydroxylation sites is 1. The molecule has 1 fully saturated rings. The van der Waals surface area contributed by atoms with Gasteiger partial charge in [-0.25, -0.2) is 5.48 Å². The van der Waals surface area contributed by atoms with E-state index >= 15 is 0 Å². The van der Waals surface area contributed by atoms with Crippen LogP contribution < -0.4 is 25.2 Å². The molecule has 0 bridgehead atoms. The molecule has 152 valence electrons. The lowest BCUT2D eigenvalue weighted by atomic mass is 10.0. The summed E-state index contributed by atoms with van der Waals surface area (Å²) >= 11 is 0. The van der Waals surface area contributed by atoms with Gasteiger partial charge < -0.3 is 19.7 Å². The molecule has 0 spiro atoms. The number of carbonyl (C=O) groups is 1. The van der Waals surface area contributed by atoms with Crippen molar-refractivity contribution in [3.63, 3.8) is 0 Å². The molecular formula is C22H25N3O4. The Hall–Kier alpha value is -3.03. The highest BCUT2D eigenvalue weighted by molar-refractivity contribution is 5.91. The number of hydrogen-bond donors (Lipinski definition) is 3. The number of piperidine rings is 1. The van der Waals surface area contributed by atoms with Gasteiger partial charge in [-0.05, 0) is 48.2 Å². The van der Waals surface area contributed by atoms with E-state index in [-0.39, 0.29) is 0 Å². The van der Waals surface area contributed by atoms with Crippen molar-refractivity contribution in [3.05, 3.63) is 59.7 Å². The van der Waals surface area contributed by atoms with E-state index < -0.39 is 5.91 Å². The van der Waals surface area contributed by atoms with Crippen LogP contribution in [0, 0.1) is 0 Å². The third-order valence-corrected chi connectivity index (χ3v) is 5.33. The van der Waals surface area contributed by atoms with Gasteiger partial charge in [-0.2, -0.15) is 0 Å². The maximum Gasteiger partial charge on any atom is 0.267 e. The summed E-state index contributed by atoms with van der Waals surface area (Å²) in [6.45, 7) is 2.98. The number of carbonyl (C=O) groups excluding carboxylic acids is 1. The third kappa shape index (κ3) is 4.70. The summed E-state index contributed by atoms with van der Waals surface area (Å²) in [5, 5.41) is 12.3. The average molecular weight is 395 g/mol. The lowest BCUT2D eigenvalue weighted by Gasteiger charge is -2.35. The summed E-state index contributed by atoms with van der Waals surface area (Å²) in [6, 6.07) is 14.5. The standard InChI is InChI=1S/C22H25N3O4/c26-22(24-27)8-6-17-3-1-2-4-19(17)25-11-9-18(10-12-25)23-14-16-5-7-20-21(13-16)29-15-28-20/h1-8,13,18,23,27H,9-12,14-15H2,(H,24,26)/b8-6+. The predicted molar refractivity (Wildman–Crippen MR) is 110 cm³/mol. The van der Waals surface area contributed by atoms with Gasteiger partial charge >= 0.3 is 0 Å². The molecule has 1 amide bonds. The summed E-state index contributed by atoms with van der Waals surface area (Å²) in [6.07, 6.45) is 5.14. The monoisotopic (exact) mass is 395 g/mol. The van der Waals surface area contributed by atoms with Crippen LogP contribution in [0.1, 0.15) is 24.0 Å². The highest BCUT2D eigenvalue weighted by Gasteiger charge is 2.20. The molecule has 2 aliphatic rings. The number of benzene rings is 2. The molecule has 29 heavy (non-hydrogen) atoms. The molecule has 3 N–H and O–H groups in total. The van der Waals surface area contributed by atoms with Gasteiger partial charge in [0.1, 0.15) is 0 Å². The average Bonchev–Trinajstić information content (AvgIpc) is 3.24. The summed E-state index contributed by atoms with van der Waals surface area (Å²) in [5.74, 6) is 1.09. The number of anilines is 1. The quantitative estimate of drug-likeness (QED) is 0.396. The topological polar surface area (TPSA) is 83.1 Å². The zero-order valence-electron chi connectivity index (χ0n) is 16.1. The molecule has 0 aliphatic carbocycles. The molecule has 0 unspecified atom stereocenters. The molecule has 7 heteroatoms. The smallest absolute Gasteiger partial charge is 0.267 e. The van der Waals surface area contributed by atoms with Crippen LogP contribution in [0.25, 0.3) is 6.08 Å². The minimum atomic E-state index is -0.536. The molecule has 2 aromatic rings. The van der Waals surface area contributed by atoms with Gasteiger partial charge in [0.15, 0.2) is 11.5 Å². The molecule has 2 heterocycles. The van der Waals surface area contributed by atoms with Gasteiger partial charge in [-0.1, -0.05) is 24.3 Å². The number of hydrogen-bond acceptors (Lipinski definition) is 6. The van der Waals surface area contributed by atoms with Gasteiger partial charge in [-0.3, -0.25) is 10.0 Å². The first kappa shape index (κ1) is 19.3. The van der Waals surface area contributed by atoms with E-state index in [9.17, 15) is 4.79 Å². The van der Waals surface area contributed by atoms with Crippen molar-refractivity contribution in [2.24, 2.45) is 0 Å². The van der Waals surface area contributed by atoms with Gasteiger partial charge in [0.25, 0.3) is 5.91 Å². The first-order valence-corrected chi connectivity index (χ1v) is 9.81. The molecule has 0 saturated carbocycles. The number of fused-ring (bicyclic) bond motifs is 1. The van der Waals surface area contributed by atoms with Gasteiger partial charge in [-0.15, -0.1) is 0 Å². The molecule has 1 saturated heterocycles. The van der Waals surface area contributed by atoms with Crippen LogP contribution >= 0.6 is 0 Å². The Kier molecular flexibility index (Phi) is 5.97. The van der Waals surface area contributed by atoms with Crippen molar-refractivity contribution < 1.29 is 19.5 Å². The van der Waals surface area contributed by atoms with Crippen molar-refractivity contribution in [3.8, 4) is 11.5 Å². The summed E-state index contributed by atoms with van der Waals surface area (Å²) in [7, 11) is 0. The van der Waals surface area contributed by atoms with E-state index in [1.54, 1.807) is 11.6 Å². The molecular weight excluding hydrogens is 370 g/mol. The Morgan fingerprint density at radius 3 is 2.76 bits per heavy atom. The number of ether oxygens (including phenoxy) is 2. The number of rotatable bonds is 6. The molecule has 0 radical (unpaired) electrons. The zero-order chi connectivity index (χ0) is 20.1. The number of nitrogens with one attached hydrogen (secondary N) is 2. The second-order valence-electron chi connectivity index (χ2n) is 7.20. The van der Waals surface area contributed by atoms with Crippen LogP contribution in [0.4, 0.5) is 5.69 Å². The third-order valence-electron chi connectivity index (χ3n) is 5.33. The van der Waals surface area contributed by atoms with Crippen molar-refractivity contribution in [1.82, 2.24) is 10.8 Å². The Labute approximate surface area is 169 Å². The predicted octanol–water partition coefficient (Wildman–Crippen LogP) is 2.69. The van der Waals surface area contributed by atoms with Gasteiger partial charge in [0, 0.05) is 37.4 Å². The highest BCUT2D eigenvalue weighted by atomic mass is 16.7. The van der Waals surface area contributed by atoms with Crippen LogP contribution in [-0.4, -0.2) is 37.0 Å². The molecule has 2 aliphatic heterocycles. The van der Waals surface area contributed by atoms with Crippen molar-refractivity contribution >= 4 is 17.7 Å². The molecule has 0 atom stereocenters. The molecule has 4 rings (SSSR count). The van der Waals surface area contributed by atoms with E-state index in [1.807, 2.05) is 30.3 Å². The van der Waals surface area contributed by atoms with Crippen molar-refractivity contribution in [2.45, 2.75) is 25.4 Å². The van der Waals surface area contributed by atoms with E-state index in [0.29, 0.717) is 12.8 Å². The van der Waals surface area contributed by atoms with Gasteiger partial charge in [0.2, 0.25) is 6.79 Å². The molecule has 7 nitrogen and oxygen atoms in total. The SMILES string of the molecule is O=C(/C=C/c1ccccc1N1CCC(NCc2ccc3c(c2)OCO3)CC1)NO. The Morgan fingerprint density at radius 2 is 1.93 bits per heavy atom. The minimum Gasteiger partial charge on any atom is -0.454 e. The number of amides is 1. The van der Waals surface area contributed by atoms with E-state index in [2.05, 4.69) is 22.3 Å². The first-order valence-electron chi connectivity index (χ1n) is 9.81. The fourth-order valence-electron chi connectivity index (χ4n) is 3.76. The lowest BCUT2D eigenvalue weighted by Crippen LogP contribution is -2.42. The second kappa shape index (κ2) is 8.98. The first-order chi connectivity index (χ1) is 14.2. The maximum atomic E-state index is 11.3. The summed E-state index contributed by atoms with van der Waals surface area (Å²) in [5.41, 5.74) is 4.87. The normalized spacial score (nSPS) is 16.4. The number of hydroxylamine groups is 1. The van der Waals surface area contributed by atoms with E-state index in [1.165, 1.54) is 11.6 Å². The van der Waals surface area contributed by atoms with Crippen LogP contribution in [0.3, 0.4) is 0 Å². The Morgan fingerprint density at radius 1 is 1.14 bits per heavy atom. The van der Waals surface area contributed by atoms with Crippen molar-refractivity contribution in [2.75, 3.05) is 24.8 Å². The van der Waals surface area contributed by atoms with Crippen LogP contribution in [-0.2, 0) is 11.3 Å². The van der Waals surface area contributed by atoms with Crippen LogP contribution in [0.2, 0.25) is 0 Å². The largest absolute Gasteiger partial charge is 0.454 e. The second-order valence-corrected chi connectivity index (χ2v) is 7.20. The minimum absolute atomic E-state index is 0.298. The molecule has 2 aromatic carbocycles. The highest BCUT2D eigenvalue weighted by Crippen LogP contribution is 2.32. The van der Waals surface area contributed by atoms with Crippen LogP contribution in [0.5, 0.6) is 11.5 Å². The zero-order valence-corrected chi connectivity index (χ0v) is 16.1. The lowest BCUT2D eigenvalue weighted by molar-refractivity contribution is -0.124. The maximum absolute atomic E-state index is 11.3. The van der Waals surface area contributed by atoms with Gasteiger partial charge in [0.05, 0.1) is 0 Å². The Balaban J connectivity index is 1.32. The Bertz CT molecular complexity index is 891. The number of nitrogens with zero attached hydrogens (tertiary/aromatic N) is 1. The van der Waals surface area contributed by atoms with Crippen LogP contribution in [0.15, 0.2) is 48.5 Å². The molecule has 0 aromatic heterocycles. The fraction of sp³-hybridized carbons (Fsp3) is 0.318. The van der Waals surface area contributed by atoms with E-state index in [0.717, 1.165) is 55.2 Å².